The molecule has 0 radical (unpaired) electrons. The molecule has 0 saturated heterocycles. The second-order valence-corrected chi connectivity index (χ2v) is 6.37. The summed E-state index contributed by atoms with van der Waals surface area (Å²) >= 11 is 7.60. The quantitative estimate of drug-likeness (QED) is 0.345. The van der Waals surface area contributed by atoms with Crippen molar-refractivity contribution in [1.29, 1.82) is 0 Å². The molecule has 0 saturated carbocycles. The molecule has 1 aromatic rings. The van der Waals surface area contributed by atoms with Gasteiger partial charge in [-0.25, -0.2) is 0 Å². The summed E-state index contributed by atoms with van der Waals surface area (Å²) in [7, 11) is 5.22. The largest absolute Gasteiger partial charge is 0.356 e. The summed E-state index contributed by atoms with van der Waals surface area (Å²) in [5, 5.41) is 7.10. The van der Waals surface area contributed by atoms with Gasteiger partial charge in [-0.05, 0) is 24.3 Å². The van der Waals surface area contributed by atoms with E-state index in [0.29, 0.717) is 18.9 Å². The van der Waals surface area contributed by atoms with Crippen molar-refractivity contribution in [2.75, 3.05) is 40.0 Å². The fourth-order valence-corrected chi connectivity index (χ4v) is 2.50. The molecule has 0 bridgehead atoms. The second kappa shape index (κ2) is 10.3. The van der Waals surface area contributed by atoms with Crippen LogP contribution in [0, 0.1) is 0 Å². The smallest absolute Gasteiger partial charge is 0.223 e. The van der Waals surface area contributed by atoms with E-state index in [9.17, 15) is 4.79 Å². The first-order chi connectivity index (χ1) is 10.5. The van der Waals surface area contributed by atoms with E-state index < -0.39 is 0 Å². The number of carbonyl (C=O) groups excluding carboxylic acids is 1. The monoisotopic (exact) mass is 342 g/mol. The summed E-state index contributed by atoms with van der Waals surface area (Å²) in [5.41, 5.74) is 0. The standard InChI is InChI=1S/C15H23ClN4OS/c1-17-15(18-9-8-14(21)20(2)3)19-10-11-22-13-6-4-12(16)5-7-13/h4-7H,8-11H2,1-3H3,(H2,17,18,19). The van der Waals surface area contributed by atoms with Crippen LogP contribution in [0.15, 0.2) is 34.2 Å². The van der Waals surface area contributed by atoms with Gasteiger partial charge in [0.1, 0.15) is 0 Å². The molecule has 0 aliphatic heterocycles. The van der Waals surface area contributed by atoms with E-state index in [1.165, 1.54) is 4.90 Å². The molecule has 0 aliphatic rings. The summed E-state index contributed by atoms with van der Waals surface area (Å²) in [6.45, 7) is 1.36. The fourth-order valence-electron chi connectivity index (χ4n) is 1.60. The molecule has 0 aromatic heterocycles. The molecule has 1 amide bonds. The second-order valence-electron chi connectivity index (χ2n) is 4.77. The lowest BCUT2D eigenvalue weighted by Crippen LogP contribution is -2.40. The lowest BCUT2D eigenvalue weighted by atomic mass is 10.4. The van der Waals surface area contributed by atoms with Crippen molar-refractivity contribution in [3.05, 3.63) is 29.3 Å². The maximum atomic E-state index is 11.5. The SMILES string of the molecule is CN=C(NCCSc1ccc(Cl)cc1)NCCC(=O)N(C)C. The number of rotatable bonds is 7. The van der Waals surface area contributed by atoms with Crippen LogP contribution in [0.5, 0.6) is 0 Å². The highest BCUT2D eigenvalue weighted by molar-refractivity contribution is 7.99. The molecule has 0 fully saturated rings. The predicted octanol–water partition coefficient (Wildman–Crippen LogP) is 2.08. The number of halogens is 1. The maximum Gasteiger partial charge on any atom is 0.223 e. The molecular formula is C15H23ClN4OS. The molecule has 0 aliphatic carbocycles. The molecule has 0 unspecified atom stereocenters. The third-order valence-electron chi connectivity index (χ3n) is 2.83. The maximum absolute atomic E-state index is 11.5. The van der Waals surface area contributed by atoms with Crippen LogP contribution in [0.1, 0.15) is 6.42 Å². The van der Waals surface area contributed by atoms with E-state index in [-0.39, 0.29) is 5.91 Å². The molecule has 122 valence electrons. The van der Waals surface area contributed by atoms with Crippen LogP contribution in [0.2, 0.25) is 5.02 Å². The Morgan fingerprint density at radius 2 is 1.86 bits per heavy atom. The Morgan fingerprint density at radius 3 is 2.45 bits per heavy atom. The number of amides is 1. The molecule has 0 heterocycles. The molecule has 1 aromatic carbocycles. The van der Waals surface area contributed by atoms with E-state index in [0.717, 1.165) is 17.3 Å². The Balaban J connectivity index is 2.18. The van der Waals surface area contributed by atoms with Gasteiger partial charge in [-0.15, -0.1) is 11.8 Å². The Hall–Kier alpha value is -1.40. The van der Waals surface area contributed by atoms with Crippen molar-refractivity contribution < 1.29 is 4.79 Å². The van der Waals surface area contributed by atoms with Gasteiger partial charge in [-0.3, -0.25) is 9.79 Å². The van der Waals surface area contributed by atoms with Gasteiger partial charge in [-0.2, -0.15) is 0 Å². The van der Waals surface area contributed by atoms with Gasteiger partial charge in [-0.1, -0.05) is 11.6 Å². The van der Waals surface area contributed by atoms with Crippen LogP contribution in [-0.2, 0) is 4.79 Å². The van der Waals surface area contributed by atoms with Crippen molar-refractivity contribution in [2.24, 2.45) is 4.99 Å². The molecule has 5 nitrogen and oxygen atoms in total. The Morgan fingerprint density at radius 1 is 1.23 bits per heavy atom. The van der Waals surface area contributed by atoms with Gasteiger partial charge in [0.15, 0.2) is 5.96 Å². The van der Waals surface area contributed by atoms with Crippen LogP contribution >= 0.6 is 23.4 Å². The average molecular weight is 343 g/mol. The molecular weight excluding hydrogens is 320 g/mol. The third-order valence-corrected chi connectivity index (χ3v) is 4.10. The van der Waals surface area contributed by atoms with Crippen LogP contribution < -0.4 is 10.6 Å². The molecule has 1 rings (SSSR count). The zero-order valence-corrected chi connectivity index (χ0v) is 14.8. The van der Waals surface area contributed by atoms with E-state index >= 15 is 0 Å². The van der Waals surface area contributed by atoms with Gasteiger partial charge < -0.3 is 15.5 Å². The van der Waals surface area contributed by atoms with Gasteiger partial charge in [0.05, 0.1) is 0 Å². The van der Waals surface area contributed by atoms with Crippen LogP contribution in [0.3, 0.4) is 0 Å². The van der Waals surface area contributed by atoms with Gasteiger partial charge >= 0.3 is 0 Å². The van der Waals surface area contributed by atoms with Gasteiger partial charge in [0.25, 0.3) is 0 Å². The predicted molar refractivity (Wildman–Crippen MR) is 94.9 cm³/mol. The number of hydrogen-bond donors (Lipinski definition) is 2. The minimum Gasteiger partial charge on any atom is -0.356 e. The van der Waals surface area contributed by atoms with E-state index in [1.54, 1.807) is 37.8 Å². The van der Waals surface area contributed by atoms with Gasteiger partial charge in [0, 0.05) is 56.3 Å². The summed E-state index contributed by atoms with van der Waals surface area (Å²) in [6.07, 6.45) is 0.452. The van der Waals surface area contributed by atoms with Crippen molar-refractivity contribution in [3.63, 3.8) is 0 Å². The Kier molecular flexibility index (Phi) is 8.77. The van der Waals surface area contributed by atoms with E-state index in [2.05, 4.69) is 15.6 Å². The zero-order chi connectivity index (χ0) is 16.4. The minimum absolute atomic E-state index is 0.0984. The zero-order valence-electron chi connectivity index (χ0n) is 13.2. The van der Waals surface area contributed by atoms with Crippen molar-refractivity contribution in [3.8, 4) is 0 Å². The number of carbonyl (C=O) groups is 1. The van der Waals surface area contributed by atoms with Crippen LogP contribution in [-0.4, -0.2) is 56.8 Å². The number of hydrogen-bond acceptors (Lipinski definition) is 3. The molecule has 7 heteroatoms. The lowest BCUT2D eigenvalue weighted by Gasteiger charge is -2.13. The molecule has 0 atom stereocenters. The number of guanidine groups is 1. The fraction of sp³-hybridized carbons (Fsp3) is 0.467. The number of aliphatic imine (C=N–C) groups is 1. The topological polar surface area (TPSA) is 56.7 Å². The van der Waals surface area contributed by atoms with Crippen LogP contribution in [0.4, 0.5) is 0 Å². The summed E-state index contributed by atoms with van der Waals surface area (Å²) in [6, 6.07) is 7.79. The molecule has 0 spiro atoms. The van der Waals surface area contributed by atoms with E-state index in [4.69, 9.17) is 11.6 Å². The van der Waals surface area contributed by atoms with Crippen molar-refractivity contribution >= 4 is 35.2 Å². The summed E-state index contributed by atoms with van der Waals surface area (Å²) in [4.78, 5) is 18.4. The van der Waals surface area contributed by atoms with Crippen molar-refractivity contribution in [2.45, 2.75) is 11.3 Å². The minimum atomic E-state index is 0.0984. The highest BCUT2D eigenvalue weighted by atomic mass is 35.5. The highest BCUT2D eigenvalue weighted by Crippen LogP contribution is 2.19. The lowest BCUT2D eigenvalue weighted by molar-refractivity contribution is -0.128. The highest BCUT2D eigenvalue weighted by Gasteiger charge is 2.04. The summed E-state index contributed by atoms with van der Waals surface area (Å²) < 4.78 is 0. The number of benzene rings is 1. The average Bonchev–Trinajstić information content (AvgIpc) is 2.51. The number of nitrogens with zero attached hydrogens (tertiary/aromatic N) is 2. The number of nitrogens with one attached hydrogen (secondary N) is 2. The normalized spacial score (nSPS) is 11.2. The Labute approximate surface area is 141 Å². The van der Waals surface area contributed by atoms with Crippen molar-refractivity contribution in [1.82, 2.24) is 15.5 Å². The first-order valence-corrected chi connectivity index (χ1v) is 8.42. The number of thioether (sulfide) groups is 1. The van der Waals surface area contributed by atoms with Gasteiger partial charge in [0.2, 0.25) is 5.91 Å². The third kappa shape index (κ3) is 7.56. The first-order valence-electron chi connectivity index (χ1n) is 7.06. The molecule has 2 N–H and O–H groups in total. The Bertz CT molecular complexity index is 491. The molecule has 22 heavy (non-hydrogen) atoms. The van der Waals surface area contributed by atoms with E-state index in [1.807, 2.05) is 24.3 Å². The summed E-state index contributed by atoms with van der Waals surface area (Å²) in [5.74, 6) is 1.73. The van der Waals surface area contributed by atoms with Crippen LogP contribution in [0.25, 0.3) is 0 Å². The first kappa shape index (κ1) is 18.6.